The topological polar surface area (TPSA) is 41.9 Å². The summed E-state index contributed by atoms with van der Waals surface area (Å²) in [6, 6.07) is 9.36. The second-order valence-corrected chi connectivity index (χ2v) is 4.82. The lowest BCUT2D eigenvalue weighted by Crippen LogP contribution is -2.28. The Labute approximate surface area is 122 Å². The first-order valence-corrected chi connectivity index (χ1v) is 6.78. The minimum absolute atomic E-state index is 0.563. The molecule has 0 saturated heterocycles. The summed E-state index contributed by atoms with van der Waals surface area (Å²) in [4.78, 5) is 0. The molecule has 0 unspecified atom stereocenters. The van der Waals surface area contributed by atoms with Crippen LogP contribution in [-0.2, 0) is 13.1 Å². The molecule has 1 aromatic carbocycles. The van der Waals surface area contributed by atoms with Crippen molar-refractivity contribution in [2.45, 2.75) is 20.0 Å². The summed E-state index contributed by atoms with van der Waals surface area (Å²) in [5.74, 6) is 0. The monoisotopic (exact) mass is 294 g/mol. The summed E-state index contributed by atoms with van der Waals surface area (Å²) in [6.45, 7) is 3.52. The molecule has 1 heterocycles. The number of thiocarbonyl (C=S) groups is 1. The molecule has 2 aromatic rings. The van der Waals surface area contributed by atoms with Crippen LogP contribution in [0.3, 0.4) is 0 Å². The number of hydrogen-bond acceptors (Lipinski definition) is 2. The second kappa shape index (κ2) is 6.54. The molecule has 19 heavy (non-hydrogen) atoms. The normalized spacial score (nSPS) is 10.2. The Hall–Kier alpha value is -1.59. The van der Waals surface area contributed by atoms with Crippen LogP contribution in [0.2, 0.25) is 5.02 Å². The van der Waals surface area contributed by atoms with Gasteiger partial charge in [-0.15, -0.1) is 0 Å². The first kappa shape index (κ1) is 13.8. The number of hydrogen-bond donors (Lipinski definition) is 2. The van der Waals surface area contributed by atoms with Gasteiger partial charge in [0.2, 0.25) is 0 Å². The summed E-state index contributed by atoms with van der Waals surface area (Å²) in [7, 11) is 0. The molecule has 0 amide bonds. The van der Waals surface area contributed by atoms with Crippen molar-refractivity contribution < 1.29 is 0 Å². The van der Waals surface area contributed by atoms with Gasteiger partial charge in [-0.1, -0.05) is 11.6 Å². The van der Waals surface area contributed by atoms with Gasteiger partial charge in [-0.3, -0.25) is 4.68 Å². The van der Waals surface area contributed by atoms with E-state index in [-0.39, 0.29) is 0 Å². The second-order valence-electron chi connectivity index (χ2n) is 3.98. The van der Waals surface area contributed by atoms with Gasteiger partial charge >= 0.3 is 0 Å². The van der Waals surface area contributed by atoms with E-state index in [9.17, 15) is 0 Å². The van der Waals surface area contributed by atoms with Gasteiger partial charge in [-0.25, -0.2) is 0 Å². The molecule has 2 rings (SSSR count). The molecular formula is C13H15ClN4S. The van der Waals surface area contributed by atoms with E-state index in [0.29, 0.717) is 16.7 Å². The quantitative estimate of drug-likeness (QED) is 0.851. The fourth-order valence-electron chi connectivity index (χ4n) is 1.55. The van der Waals surface area contributed by atoms with Crippen LogP contribution in [0, 0.1) is 0 Å². The zero-order valence-corrected chi connectivity index (χ0v) is 12.1. The zero-order chi connectivity index (χ0) is 13.7. The average Bonchev–Trinajstić information content (AvgIpc) is 2.87. The lowest BCUT2D eigenvalue weighted by molar-refractivity contribution is 0.643. The van der Waals surface area contributed by atoms with Crippen LogP contribution in [-0.4, -0.2) is 14.9 Å². The van der Waals surface area contributed by atoms with Crippen LogP contribution >= 0.6 is 23.8 Å². The first-order valence-electron chi connectivity index (χ1n) is 6.00. The number of nitrogens with zero attached hydrogens (tertiary/aromatic N) is 2. The van der Waals surface area contributed by atoms with Gasteiger partial charge in [-0.2, -0.15) is 5.10 Å². The molecule has 100 valence electrons. The molecule has 0 aliphatic heterocycles. The van der Waals surface area contributed by atoms with Crippen molar-refractivity contribution in [3.8, 4) is 0 Å². The first-order chi connectivity index (χ1) is 9.17. The Kier molecular flexibility index (Phi) is 4.76. The Morgan fingerprint density at radius 3 is 2.68 bits per heavy atom. The lowest BCUT2D eigenvalue weighted by atomic mass is 10.3. The van der Waals surface area contributed by atoms with Crippen LogP contribution in [0.5, 0.6) is 0 Å². The van der Waals surface area contributed by atoms with Crippen molar-refractivity contribution in [2.24, 2.45) is 0 Å². The SMILES string of the molecule is CCn1ccc(CNC(=S)Nc2ccc(Cl)cc2)n1. The molecule has 0 aliphatic carbocycles. The van der Waals surface area contributed by atoms with Gasteiger partial charge in [0.15, 0.2) is 5.11 Å². The van der Waals surface area contributed by atoms with Gasteiger partial charge < -0.3 is 10.6 Å². The highest BCUT2D eigenvalue weighted by molar-refractivity contribution is 7.80. The minimum atomic E-state index is 0.563. The highest BCUT2D eigenvalue weighted by atomic mass is 35.5. The predicted molar refractivity (Wildman–Crippen MR) is 82.4 cm³/mol. The maximum atomic E-state index is 5.82. The van der Waals surface area contributed by atoms with E-state index in [0.717, 1.165) is 17.9 Å². The Morgan fingerprint density at radius 1 is 1.32 bits per heavy atom. The van der Waals surface area contributed by atoms with Crippen molar-refractivity contribution in [1.29, 1.82) is 0 Å². The lowest BCUT2D eigenvalue weighted by Gasteiger charge is -2.09. The van der Waals surface area contributed by atoms with E-state index >= 15 is 0 Å². The number of aromatic nitrogens is 2. The number of anilines is 1. The molecule has 2 N–H and O–H groups in total. The van der Waals surface area contributed by atoms with E-state index in [4.69, 9.17) is 23.8 Å². The van der Waals surface area contributed by atoms with Crippen molar-refractivity contribution in [3.05, 3.63) is 47.2 Å². The van der Waals surface area contributed by atoms with E-state index in [1.54, 1.807) is 0 Å². The van der Waals surface area contributed by atoms with Gasteiger partial charge in [-0.05, 0) is 49.5 Å². The van der Waals surface area contributed by atoms with Gasteiger partial charge in [0, 0.05) is 23.5 Å². The highest BCUT2D eigenvalue weighted by Crippen LogP contribution is 2.13. The van der Waals surface area contributed by atoms with Crippen molar-refractivity contribution >= 4 is 34.6 Å². The Morgan fingerprint density at radius 2 is 2.05 bits per heavy atom. The molecule has 0 saturated carbocycles. The third kappa shape index (κ3) is 4.22. The van der Waals surface area contributed by atoms with Crippen LogP contribution in [0.25, 0.3) is 0 Å². The van der Waals surface area contributed by atoms with E-state index < -0.39 is 0 Å². The Bertz CT molecular complexity index is 550. The van der Waals surface area contributed by atoms with Gasteiger partial charge in [0.25, 0.3) is 0 Å². The Balaban J connectivity index is 1.82. The number of rotatable bonds is 4. The third-order valence-electron chi connectivity index (χ3n) is 2.55. The minimum Gasteiger partial charge on any atom is -0.357 e. The van der Waals surface area contributed by atoms with Crippen molar-refractivity contribution in [2.75, 3.05) is 5.32 Å². The van der Waals surface area contributed by atoms with Crippen LogP contribution in [0.15, 0.2) is 36.5 Å². The van der Waals surface area contributed by atoms with E-state index in [2.05, 4.69) is 22.7 Å². The molecule has 0 fully saturated rings. The van der Waals surface area contributed by atoms with Crippen molar-refractivity contribution in [1.82, 2.24) is 15.1 Å². The van der Waals surface area contributed by atoms with Gasteiger partial charge in [0.05, 0.1) is 12.2 Å². The number of aryl methyl sites for hydroxylation is 1. The summed E-state index contributed by atoms with van der Waals surface area (Å²) in [5.41, 5.74) is 1.86. The fourth-order valence-corrected chi connectivity index (χ4v) is 1.87. The summed E-state index contributed by atoms with van der Waals surface area (Å²) >= 11 is 11.0. The van der Waals surface area contributed by atoms with E-state index in [1.807, 2.05) is 41.2 Å². The molecule has 0 radical (unpaired) electrons. The molecule has 0 aliphatic rings. The smallest absolute Gasteiger partial charge is 0.171 e. The molecule has 0 bridgehead atoms. The summed E-state index contributed by atoms with van der Waals surface area (Å²) < 4.78 is 1.88. The standard InChI is InChI=1S/C13H15ClN4S/c1-2-18-8-7-12(17-18)9-15-13(19)16-11-5-3-10(14)4-6-11/h3-8H,2,9H2,1H3,(H2,15,16,19). The summed E-state index contributed by atoms with van der Waals surface area (Å²) in [6.07, 6.45) is 1.95. The number of halogens is 1. The molecule has 0 atom stereocenters. The molecule has 0 spiro atoms. The molecular weight excluding hydrogens is 280 g/mol. The van der Waals surface area contributed by atoms with Gasteiger partial charge in [0.1, 0.15) is 0 Å². The fraction of sp³-hybridized carbons (Fsp3) is 0.231. The number of benzene rings is 1. The van der Waals surface area contributed by atoms with Crippen LogP contribution in [0.4, 0.5) is 5.69 Å². The maximum Gasteiger partial charge on any atom is 0.171 e. The number of nitrogens with one attached hydrogen (secondary N) is 2. The van der Waals surface area contributed by atoms with Crippen LogP contribution < -0.4 is 10.6 Å². The molecule has 1 aromatic heterocycles. The largest absolute Gasteiger partial charge is 0.357 e. The van der Waals surface area contributed by atoms with Crippen LogP contribution in [0.1, 0.15) is 12.6 Å². The maximum absolute atomic E-state index is 5.82. The summed E-state index contributed by atoms with van der Waals surface area (Å²) in [5, 5.41) is 11.8. The average molecular weight is 295 g/mol. The van der Waals surface area contributed by atoms with E-state index in [1.165, 1.54) is 0 Å². The molecule has 4 nitrogen and oxygen atoms in total. The highest BCUT2D eigenvalue weighted by Gasteiger charge is 2.00. The third-order valence-corrected chi connectivity index (χ3v) is 3.05. The predicted octanol–water partition coefficient (Wildman–Crippen LogP) is 3.04. The van der Waals surface area contributed by atoms with Crippen molar-refractivity contribution in [3.63, 3.8) is 0 Å². The molecule has 6 heteroatoms. The zero-order valence-electron chi connectivity index (χ0n) is 10.6.